The molecular weight excluding hydrogens is 190 g/mol. The van der Waals surface area contributed by atoms with Crippen LogP contribution in [0.15, 0.2) is 0 Å². The molecular formula is C11H23N3O. The van der Waals surface area contributed by atoms with E-state index in [-0.39, 0.29) is 11.9 Å². The SMILES string of the molecule is CCNC(=O)C(C)N1CCC(C)C1CN. The van der Waals surface area contributed by atoms with Crippen molar-refractivity contribution in [3.05, 3.63) is 0 Å². The fraction of sp³-hybridized carbons (Fsp3) is 0.909. The lowest BCUT2D eigenvalue weighted by atomic mass is 10.0. The third-order valence-electron chi connectivity index (χ3n) is 3.39. The molecule has 0 aromatic rings. The molecule has 0 aromatic heterocycles. The van der Waals surface area contributed by atoms with E-state index in [9.17, 15) is 4.79 Å². The van der Waals surface area contributed by atoms with Crippen molar-refractivity contribution in [2.75, 3.05) is 19.6 Å². The second-order valence-corrected chi connectivity index (χ2v) is 4.38. The Morgan fingerprint density at radius 3 is 2.87 bits per heavy atom. The highest BCUT2D eigenvalue weighted by molar-refractivity contribution is 5.81. The van der Waals surface area contributed by atoms with Crippen LogP contribution in [0.2, 0.25) is 0 Å². The van der Waals surface area contributed by atoms with Gasteiger partial charge < -0.3 is 11.1 Å². The molecule has 0 aromatic carbocycles. The zero-order chi connectivity index (χ0) is 11.4. The van der Waals surface area contributed by atoms with Crippen molar-refractivity contribution < 1.29 is 4.79 Å². The average molecular weight is 213 g/mol. The van der Waals surface area contributed by atoms with E-state index in [1.165, 1.54) is 0 Å². The van der Waals surface area contributed by atoms with Crippen LogP contribution in [0, 0.1) is 5.92 Å². The zero-order valence-corrected chi connectivity index (χ0v) is 9.99. The van der Waals surface area contributed by atoms with Gasteiger partial charge in [0.2, 0.25) is 5.91 Å². The van der Waals surface area contributed by atoms with Crippen molar-refractivity contribution in [3.63, 3.8) is 0 Å². The van der Waals surface area contributed by atoms with Crippen LogP contribution < -0.4 is 11.1 Å². The number of nitrogens with zero attached hydrogens (tertiary/aromatic N) is 1. The van der Waals surface area contributed by atoms with Crippen molar-refractivity contribution in [1.29, 1.82) is 0 Å². The van der Waals surface area contributed by atoms with Crippen LogP contribution in [0.25, 0.3) is 0 Å². The number of carbonyl (C=O) groups excluding carboxylic acids is 1. The molecule has 0 spiro atoms. The summed E-state index contributed by atoms with van der Waals surface area (Å²) >= 11 is 0. The summed E-state index contributed by atoms with van der Waals surface area (Å²) in [4.78, 5) is 13.9. The highest BCUT2D eigenvalue weighted by Gasteiger charge is 2.35. The Balaban J connectivity index is 2.59. The standard InChI is InChI=1S/C11H23N3O/c1-4-13-11(15)9(3)14-6-5-8(2)10(14)7-12/h8-10H,4-7,12H2,1-3H3,(H,13,15). The van der Waals surface area contributed by atoms with Gasteiger partial charge >= 0.3 is 0 Å². The number of hydrogen-bond acceptors (Lipinski definition) is 3. The van der Waals surface area contributed by atoms with Crippen molar-refractivity contribution in [1.82, 2.24) is 10.2 Å². The predicted octanol–water partition coefficient (Wildman–Crippen LogP) is 0.180. The molecule has 4 nitrogen and oxygen atoms in total. The summed E-state index contributed by atoms with van der Waals surface area (Å²) in [6.07, 6.45) is 1.14. The summed E-state index contributed by atoms with van der Waals surface area (Å²) in [6, 6.07) is 0.311. The third kappa shape index (κ3) is 2.69. The molecule has 0 saturated carbocycles. The quantitative estimate of drug-likeness (QED) is 0.700. The lowest BCUT2D eigenvalue weighted by molar-refractivity contribution is -0.126. The molecule has 3 unspecified atom stereocenters. The summed E-state index contributed by atoms with van der Waals surface area (Å²) in [5.41, 5.74) is 5.75. The van der Waals surface area contributed by atoms with Gasteiger partial charge in [-0.3, -0.25) is 9.69 Å². The molecule has 3 atom stereocenters. The molecule has 1 saturated heterocycles. The number of nitrogens with one attached hydrogen (secondary N) is 1. The van der Waals surface area contributed by atoms with Crippen LogP contribution >= 0.6 is 0 Å². The molecule has 1 rings (SSSR count). The number of carbonyl (C=O) groups is 1. The number of amides is 1. The second kappa shape index (κ2) is 5.47. The maximum absolute atomic E-state index is 11.7. The van der Waals surface area contributed by atoms with E-state index < -0.39 is 0 Å². The molecule has 88 valence electrons. The Hall–Kier alpha value is -0.610. The molecule has 3 N–H and O–H groups in total. The van der Waals surface area contributed by atoms with Gasteiger partial charge in [0.1, 0.15) is 0 Å². The van der Waals surface area contributed by atoms with Gasteiger partial charge in [-0.2, -0.15) is 0 Å². The number of likely N-dealkylation sites (tertiary alicyclic amines) is 1. The first-order valence-electron chi connectivity index (χ1n) is 5.85. The maximum Gasteiger partial charge on any atom is 0.237 e. The van der Waals surface area contributed by atoms with Gasteiger partial charge in [0.15, 0.2) is 0 Å². The Morgan fingerprint density at radius 1 is 1.67 bits per heavy atom. The minimum absolute atomic E-state index is 0.0524. The van der Waals surface area contributed by atoms with Crippen LogP contribution in [-0.4, -0.2) is 42.5 Å². The fourth-order valence-electron chi connectivity index (χ4n) is 2.36. The molecule has 0 radical (unpaired) electrons. The van der Waals surface area contributed by atoms with E-state index in [0.29, 0.717) is 25.0 Å². The van der Waals surface area contributed by atoms with Gasteiger partial charge in [-0.1, -0.05) is 6.92 Å². The summed E-state index contributed by atoms with van der Waals surface area (Å²) < 4.78 is 0. The Bertz CT molecular complexity index is 220. The van der Waals surface area contributed by atoms with E-state index in [1.807, 2.05) is 13.8 Å². The highest BCUT2D eigenvalue weighted by atomic mass is 16.2. The molecule has 1 heterocycles. The number of nitrogens with two attached hydrogens (primary N) is 1. The smallest absolute Gasteiger partial charge is 0.237 e. The monoisotopic (exact) mass is 213 g/mol. The third-order valence-corrected chi connectivity index (χ3v) is 3.39. The first-order valence-corrected chi connectivity index (χ1v) is 5.85. The summed E-state index contributed by atoms with van der Waals surface area (Å²) in [5.74, 6) is 0.719. The fourth-order valence-corrected chi connectivity index (χ4v) is 2.36. The van der Waals surface area contributed by atoms with Gasteiger partial charge in [0.25, 0.3) is 0 Å². The van der Waals surface area contributed by atoms with Crippen LogP contribution in [0.3, 0.4) is 0 Å². The van der Waals surface area contributed by atoms with Crippen LogP contribution in [-0.2, 0) is 4.79 Å². The number of rotatable bonds is 4. The molecule has 15 heavy (non-hydrogen) atoms. The molecule has 0 bridgehead atoms. The normalized spacial score (nSPS) is 29.1. The van der Waals surface area contributed by atoms with Gasteiger partial charge in [0, 0.05) is 19.1 Å². The van der Waals surface area contributed by atoms with Crippen LogP contribution in [0.1, 0.15) is 27.2 Å². The van der Waals surface area contributed by atoms with Gasteiger partial charge in [-0.25, -0.2) is 0 Å². The van der Waals surface area contributed by atoms with Crippen LogP contribution in [0.4, 0.5) is 0 Å². The van der Waals surface area contributed by atoms with Crippen molar-refractivity contribution in [3.8, 4) is 0 Å². The highest BCUT2D eigenvalue weighted by Crippen LogP contribution is 2.25. The Kier molecular flexibility index (Phi) is 4.54. The molecule has 1 aliphatic heterocycles. The molecule has 0 aliphatic carbocycles. The minimum atomic E-state index is -0.0524. The van der Waals surface area contributed by atoms with E-state index in [4.69, 9.17) is 5.73 Å². The number of likely N-dealkylation sites (N-methyl/N-ethyl adjacent to an activating group) is 1. The number of hydrogen-bond donors (Lipinski definition) is 2. The molecule has 1 fully saturated rings. The summed E-state index contributed by atoms with van der Waals surface area (Å²) in [5, 5.41) is 2.86. The second-order valence-electron chi connectivity index (χ2n) is 4.38. The van der Waals surface area contributed by atoms with Gasteiger partial charge in [0.05, 0.1) is 6.04 Å². The topological polar surface area (TPSA) is 58.4 Å². The van der Waals surface area contributed by atoms with Crippen molar-refractivity contribution in [2.45, 2.75) is 39.3 Å². The minimum Gasteiger partial charge on any atom is -0.355 e. The zero-order valence-electron chi connectivity index (χ0n) is 9.99. The van der Waals surface area contributed by atoms with E-state index in [1.54, 1.807) is 0 Å². The first kappa shape index (κ1) is 12.5. The average Bonchev–Trinajstić information content (AvgIpc) is 2.58. The summed E-state index contributed by atoms with van der Waals surface area (Å²) in [6.45, 7) is 8.44. The van der Waals surface area contributed by atoms with E-state index in [0.717, 1.165) is 13.0 Å². The van der Waals surface area contributed by atoms with E-state index >= 15 is 0 Å². The molecule has 4 heteroatoms. The van der Waals surface area contributed by atoms with Crippen molar-refractivity contribution in [2.24, 2.45) is 11.7 Å². The van der Waals surface area contributed by atoms with Crippen LogP contribution in [0.5, 0.6) is 0 Å². The Labute approximate surface area is 92.2 Å². The predicted molar refractivity (Wildman–Crippen MR) is 61.5 cm³/mol. The van der Waals surface area contributed by atoms with Gasteiger partial charge in [-0.15, -0.1) is 0 Å². The largest absolute Gasteiger partial charge is 0.355 e. The molecule has 1 amide bonds. The van der Waals surface area contributed by atoms with E-state index in [2.05, 4.69) is 17.1 Å². The lowest BCUT2D eigenvalue weighted by Gasteiger charge is -2.30. The summed E-state index contributed by atoms with van der Waals surface area (Å²) in [7, 11) is 0. The Morgan fingerprint density at radius 2 is 2.33 bits per heavy atom. The lowest BCUT2D eigenvalue weighted by Crippen LogP contribution is -2.50. The van der Waals surface area contributed by atoms with Gasteiger partial charge in [-0.05, 0) is 32.7 Å². The van der Waals surface area contributed by atoms with Crippen molar-refractivity contribution >= 4 is 5.91 Å². The maximum atomic E-state index is 11.7. The first-order chi connectivity index (χ1) is 7.11. The molecule has 1 aliphatic rings.